The first-order chi connectivity index (χ1) is 12.7. The van der Waals surface area contributed by atoms with E-state index in [1.807, 2.05) is 36.4 Å². The number of anilines is 2. The molecule has 0 saturated heterocycles. The number of halogens is 1. The normalized spacial score (nSPS) is 10.2. The van der Waals surface area contributed by atoms with E-state index in [9.17, 15) is 4.79 Å². The predicted octanol–water partition coefficient (Wildman–Crippen LogP) is 4.00. The molecule has 0 aliphatic rings. The third-order valence-electron chi connectivity index (χ3n) is 3.67. The standard InChI is InChI=1S/C19H17ClN4O2/c1-26-17-9-5-4-8-15(17)24-19(25)16-10-18(23-12-22-16)21-11-13-6-2-3-7-14(13)20/h2-10,12H,11H2,1H3,(H,24,25)(H,21,22,23). The summed E-state index contributed by atoms with van der Waals surface area (Å²) in [5.41, 5.74) is 1.75. The minimum absolute atomic E-state index is 0.243. The van der Waals surface area contributed by atoms with Crippen LogP contribution in [0.4, 0.5) is 11.5 Å². The van der Waals surface area contributed by atoms with Crippen molar-refractivity contribution < 1.29 is 9.53 Å². The van der Waals surface area contributed by atoms with Gasteiger partial charge in [-0.15, -0.1) is 0 Å². The molecule has 2 aromatic carbocycles. The average molecular weight is 369 g/mol. The van der Waals surface area contributed by atoms with Crippen LogP contribution in [-0.4, -0.2) is 23.0 Å². The highest BCUT2D eigenvalue weighted by Crippen LogP contribution is 2.23. The molecule has 2 N–H and O–H groups in total. The van der Waals surface area contributed by atoms with E-state index in [1.54, 1.807) is 25.3 Å². The minimum atomic E-state index is -0.349. The van der Waals surface area contributed by atoms with Gasteiger partial charge in [0.2, 0.25) is 0 Å². The third kappa shape index (κ3) is 4.29. The summed E-state index contributed by atoms with van der Waals surface area (Å²) < 4.78 is 5.23. The summed E-state index contributed by atoms with van der Waals surface area (Å²) in [7, 11) is 1.55. The van der Waals surface area contributed by atoms with Crippen LogP contribution < -0.4 is 15.4 Å². The fraction of sp³-hybridized carbons (Fsp3) is 0.105. The molecule has 0 radical (unpaired) electrons. The van der Waals surface area contributed by atoms with Gasteiger partial charge in [-0.25, -0.2) is 9.97 Å². The largest absolute Gasteiger partial charge is 0.495 e. The SMILES string of the molecule is COc1ccccc1NC(=O)c1cc(NCc2ccccc2Cl)ncn1. The first-order valence-corrected chi connectivity index (χ1v) is 8.29. The number of hydrogen-bond donors (Lipinski definition) is 2. The van der Waals surface area contributed by atoms with Crippen LogP contribution in [0.3, 0.4) is 0 Å². The lowest BCUT2D eigenvalue weighted by Gasteiger charge is -2.10. The van der Waals surface area contributed by atoms with E-state index in [4.69, 9.17) is 16.3 Å². The quantitative estimate of drug-likeness (QED) is 0.687. The van der Waals surface area contributed by atoms with Crippen molar-refractivity contribution in [2.45, 2.75) is 6.54 Å². The number of benzene rings is 2. The first kappa shape index (κ1) is 17.7. The van der Waals surface area contributed by atoms with Crippen LogP contribution >= 0.6 is 11.6 Å². The van der Waals surface area contributed by atoms with Gasteiger partial charge in [0.1, 0.15) is 23.6 Å². The monoisotopic (exact) mass is 368 g/mol. The lowest BCUT2D eigenvalue weighted by Crippen LogP contribution is -2.15. The van der Waals surface area contributed by atoms with Gasteiger partial charge in [0.15, 0.2) is 0 Å². The molecular formula is C19H17ClN4O2. The summed E-state index contributed by atoms with van der Waals surface area (Å²) >= 11 is 6.14. The van der Waals surface area contributed by atoms with E-state index in [1.165, 1.54) is 6.33 Å². The highest BCUT2D eigenvalue weighted by molar-refractivity contribution is 6.31. The van der Waals surface area contributed by atoms with Crippen LogP contribution in [0, 0.1) is 0 Å². The molecule has 3 rings (SSSR count). The van der Waals surface area contributed by atoms with Gasteiger partial charge in [0, 0.05) is 17.6 Å². The summed E-state index contributed by atoms with van der Waals surface area (Å²) in [6, 6.07) is 16.3. The Morgan fingerprint density at radius 1 is 1.12 bits per heavy atom. The van der Waals surface area contributed by atoms with E-state index >= 15 is 0 Å². The van der Waals surface area contributed by atoms with Gasteiger partial charge in [-0.05, 0) is 23.8 Å². The summed E-state index contributed by atoms with van der Waals surface area (Å²) in [5, 5.41) is 6.60. The molecule has 3 aromatic rings. The second kappa shape index (κ2) is 8.31. The maximum absolute atomic E-state index is 12.5. The molecule has 0 spiro atoms. The maximum atomic E-state index is 12.5. The number of ether oxygens (including phenoxy) is 1. The molecule has 0 aliphatic heterocycles. The first-order valence-electron chi connectivity index (χ1n) is 7.91. The zero-order valence-electron chi connectivity index (χ0n) is 14.1. The zero-order valence-corrected chi connectivity index (χ0v) is 14.8. The van der Waals surface area contributed by atoms with Crippen molar-refractivity contribution in [3.8, 4) is 5.75 Å². The fourth-order valence-corrected chi connectivity index (χ4v) is 2.54. The van der Waals surface area contributed by atoms with Crippen molar-refractivity contribution in [1.29, 1.82) is 0 Å². The van der Waals surface area contributed by atoms with E-state index in [0.717, 1.165) is 5.56 Å². The van der Waals surface area contributed by atoms with Crippen LogP contribution in [-0.2, 0) is 6.54 Å². The van der Waals surface area contributed by atoms with Gasteiger partial charge < -0.3 is 15.4 Å². The number of carbonyl (C=O) groups excluding carboxylic acids is 1. The van der Waals surface area contributed by atoms with Crippen LogP contribution in [0.25, 0.3) is 0 Å². The number of carbonyl (C=O) groups is 1. The van der Waals surface area contributed by atoms with Crippen molar-refractivity contribution in [3.63, 3.8) is 0 Å². The number of methoxy groups -OCH3 is 1. The van der Waals surface area contributed by atoms with E-state index in [0.29, 0.717) is 28.8 Å². The Bertz CT molecular complexity index is 917. The van der Waals surface area contributed by atoms with Crippen molar-refractivity contribution in [2.24, 2.45) is 0 Å². The van der Waals surface area contributed by atoms with Crippen molar-refractivity contribution >= 4 is 29.0 Å². The van der Waals surface area contributed by atoms with E-state index in [-0.39, 0.29) is 11.6 Å². The number of para-hydroxylation sites is 2. The maximum Gasteiger partial charge on any atom is 0.274 e. The Hall–Kier alpha value is -3.12. The Kier molecular flexibility index (Phi) is 5.66. The molecule has 26 heavy (non-hydrogen) atoms. The van der Waals surface area contributed by atoms with Gasteiger partial charge in [0.05, 0.1) is 12.8 Å². The van der Waals surface area contributed by atoms with E-state index < -0.39 is 0 Å². The Balaban J connectivity index is 1.70. The number of aromatic nitrogens is 2. The molecule has 0 unspecified atom stereocenters. The van der Waals surface area contributed by atoms with Crippen LogP contribution in [0.5, 0.6) is 5.75 Å². The molecule has 7 heteroatoms. The average Bonchev–Trinajstić information content (AvgIpc) is 2.68. The molecule has 132 valence electrons. The topological polar surface area (TPSA) is 76.1 Å². The Morgan fingerprint density at radius 2 is 1.88 bits per heavy atom. The van der Waals surface area contributed by atoms with Crippen LogP contribution in [0.15, 0.2) is 60.9 Å². The van der Waals surface area contributed by atoms with Crippen molar-refractivity contribution in [2.75, 3.05) is 17.7 Å². The number of nitrogens with one attached hydrogen (secondary N) is 2. The van der Waals surface area contributed by atoms with Gasteiger partial charge in [0.25, 0.3) is 5.91 Å². The van der Waals surface area contributed by atoms with Crippen molar-refractivity contribution in [3.05, 3.63) is 77.2 Å². The number of hydrogen-bond acceptors (Lipinski definition) is 5. The van der Waals surface area contributed by atoms with Crippen LogP contribution in [0.1, 0.15) is 16.1 Å². The number of nitrogens with zero attached hydrogens (tertiary/aromatic N) is 2. The lowest BCUT2D eigenvalue weighted by molar-refractivity contribution is 0.102. The van der Waals surface area contributed by atoms with Gasteiger partial charge in [-0.2, -0.15) is 0 Å². The lowest BCUT2D eigenvalue weighted by atomic mass is 10.2. The van der Waals surface area contributed by atoms with Crippen LogP contribution in [0.2, 0.25) is 5.02 Å². The summed E-state index contributed by atoms with van der Waals surface area (Å²) in [4.78, 5) is 20.6. The van der Waals surface area contributed by atoms with Crippen molar-refractivity contribution in [1.82, 2.24) is 9.97 Å². The molecule has 6 nitrogen and oxygen atoms in total. The molecule has 0 saturated carbocycles. The molecule has 0 aliphatic carbocycles. The number of rotatable bonds is 6. The highest BCUT2D eigenvalue weighted by atomic mass is 35.5. The number of amides is 1. The fourth-order valence-electron chi connectivity index (χ4n) is 2.34. The predicted molar refractivity (Wildman–Crippen MR) is 102 cm³/mol. The molecule has 1 heterocycles. The smallest absolute Gasteiger partial charge is 0.274 e. The second-order valence-corrected chi connectivity index (χ2v) is 5.80. The van der Waals surface area contributed by atoms with Gasteiger partial charge in [-0.1, -0.05) is 41.9 Å². The second-order valence-electron chi connectivity index (χ2n) is 5.39. The summed E-state index contributed by atoms with van der Waals surface area (Å²) in [6.07, 6.45) is 1.34. The Labute approximate surface area is 156 Å². The minimum Gasteiger partial charge on any atom is -0.495 e. The van der Waals surface area contributed by atoms with Gasteiger partial charge >= 0.3 is 0 Å². The highest BCUT2D eigenvalue weighted by Gasteiger charge is 2.12. The molecule has 1 aromatic heterocycles. The molecule has 1 amide bonds. The van der Waals surface area contributed by atoms with E-state index in [2.05, 4.69) is 20.6 Å². The molecule has 0 bridgehead atoms. The third-order valence-corrected chi connectivity index (χ3v) is 4.04. The molecular weight excluding hydrogens is 352 g/mol. The summed E-state index contributed by atoms with van der Waals surface area (Å²) in [5.74, 6) is 0.759. The summed E-state index contributed by atoms with van der Waals surface area (Å²) in [6.45, 7) is 0.490. The Morgan fingerprint density at radius 3 is 2.69 bits per heavy atom. The zero-order chi connectivity index (χ0) is 18.4. The van der Waals surface area contributed by atoms with Gasteiger partial charge in [-0.3, -0.25) is 4.79 Å². The molecule has 0 atom stereocenters. The molecule has 0 fully saturated rings.